The standard InChI is InChI=1S/C19H16N4OS/c1-12-8-13(2)21-18(9-12)23-17-5-3-4-15(22-17)16-10-20-19(24-16)14-6-7-25-11-14/h3-11H,1-2H3,(H,21,22,23). The summed E-state index contributed by atoms with van der Waals surface area (Å²) in [5.41, 5.74) is 3.82. The van der Waals surface area contributed by atoms with Crippen molar-refractivity contribution in [1.29, 1.82) is 0 Å². The van der Waals surface area contributed by atoms with Crippen LogP contribution in [-0.4, -0.2) is 15.0 Å². The van der Waals surface area contributed by atoms with E-state index in [1.807, 2.05) is 61.0 Å². The third kappa shape index (κ3) is 3.44. The summed E-state index contributed by atoms with van der Waals surface area (Å²) in [6.45, 7) is 4.02. The topological polar surface area (TPSA) is 63.8 Å². The second-order valence-corrected chi connectivity index (χ2v) is 6.53. The predicted molar refractivity (Wildman–Crippen MR) is 100 cm³/mol. The number of nitrogens with one attached hydrogen (secondary N) is 1. The van der Waals surface area contributed by atoms with E-state index in [-0.39, 0.29) is 0 Å². The van der Waals surface area contributed by atoms with Gasteiger partial charge in [0.05, 0.1) is 6.20 Å². The molecule has 0 radical (unpaired) electrons. The first-order valence-electron chi connectivity index (χ1n) is 7.85. The molecule has 25 heavy (non-hydrogen) atoms. The maximum Gasteiger partial charge on any atom is 0.227 e. The largest absolute Gasteiger partial charge is 0.434 e. The lowest BCUT2D eigenvalue weighted by Gasteiger charge is -2.07. The zero-order valence-corrected chi connectivity index (χ0v) is 14.7. The van der Waals surface area contributed by atoms with Crippen LogP contribution in [0.4, 0.5) is 11.6 Å². The van der Waals surface area contributed by atoms with Gasteiger partial charge in [0.1, 0.15) is 17.3 Å². The number of thiophene rings is 1. The molecule has 0 spiro atoms. The maximum atomic E-state index is 5.85. The van der Waals surface area contributed by atoms with E-state index < -0.39 is 0 Å². The lowest BCUT2D eigenvalue weighted by molar-refractivity contribution is 0.587. The highest BCUT2D eigenvalue weighted by atomic mass is 32.1. The zero-order valence-electron chi connectivity index (χ0n) is 13.9. The van der Waals surface area contributed by atoms with Crippen LogP contribution in [0, 0.1) is 13.8 Å². The van der Waals surface area contributed by atoms with Crippen molar-refractivity contribution in [3.63, 3.8) is 0 Å². The van der Waals surface area contributed by atoms with E-state index in [1.165, 1.54) is 0 Å². The van der Waals surface area contributed by atoms with Crippen molar-refractivity contribution >= 4 is 23.0 Å². The average molecular weight is 348 g/mol. The van der Waals surface area contributed by atoms with Crippen LogP contribution in [0.1, 0.15) is 11.3 Å². The van der Waals surface area contributed by atoms with E-state index in [4.69, 9.17) is 4.42 Å². The van der Waals surface area contributed by atoms with Crippen LogP contribution in [0.3, 0.4) is 0 Å². The first-order valence-corrected chi connectivity index (χ1v) is 8.80. The number of hydrogen-bond acceptors (Lipinski definition) is 6. The number of nitrogens with zero attached hydrogens (tertiary/aromatic N) is 3. The van der Waals surface area contributed by atoms with Gasteiger partial charge in [-0.05, 0) is 55.1 Å². The van der Waals surface area contributed by atoms with Gasteiger partial charge in [0.15, 0.2) is 5.76 Å². The average Bonchev–Trinajstić information content (AvgIpc) is 3.26. The molecule has 0 unspecified atom stereocenters. The minimum Gasteiger partial charge on any atom is -0.434 e. The summed E-state index contributed by atoms with van der Waals surface area (Å²) in [5, 5.41) is 7.25. The molecule has 4 aromatic heterocycles. The number of hydrogen-bond donors (Lipinski definition) is 1. The second kappa shape index (κ2) is 6.49. The van der Waals surface area contributed by atoms with Crippen molar-refractivity contribution in [1.82, 2.24) is 15.0 Å². The van der Waals surface area contributed by atoms with Crippen LogP contribution in [0.2, 0.25) is 0 Å². The summed E-state index contributed by atoms with van der Waals surface area (Å²) in [7, 11) is 0. The Labute approximate surface area is 149 Å². The van der Waals surface area contributed by atoms with Crippen LogP contribution < -0.4 is 5.32 Å². The van der Waals surface area contributed by atoms with Gasteiger partial charge in [-0.15, -0.1) is 0 Å². The highest BCUT2D eigenvalue weighted by molar-refractivity contribution is 7.08. The van der Waals surface area contributed by atoms with Crippen molar-refractivity contribution in [3.8, 4) is 22.9 Å². The molecule has 0 bridgehead atoms. The van der Waals surface area contributed by atoms with E-state index in [2.05, 4.69) is 20.3 Å². The molecule has 0 aliphatic rings. The van der Waals surface area contributed by atoms with Gasteiger partial charge in [0.25, 0.3) is 0 Å². The molecule has 124 valence electrons. The lowest BCUT2D eigenvalue weighted by Crippen LogP contribution is -1.98. The molecule has 4 heterocycles. The highest BCUT2D eigenvalue weighted by Crippen LogP contribution is 2.27. The predicted octanol–water partition coefficient (Wildman–Crippen LogP) is 5.22. The molecular formula is C19H16N4OS. The van der Waals surface area contributed by atoms with Crippen molar-refractivity contribution in [2.24, 2.45) is 0 Å². The summed E-state index contributed by atoms with van der Waals surface area (Å²) in [6, 6.07) is 11.7. The van der Waals surface area contributed by atoms with E-state index in [0.717, 1.165) is 28.3 Å². The maximum absolute atomic E-state index is 5.85. The molecule has 6 heteroatoms. The van der Waals surface area contributed by atoms with Gasteiger partial charge in [-0.3, -0.25) is 0 Å². The van der Waals surface area contributed by atoms with E-state index in [1.54, 1.807) is 17.5 Å². The molecule has 0 saturated heterocycles. The second-order valence-electron chi connectivity index (χ2n) is 5.75. The molecular weight excluding hydrogens is 332 g/mol. The van der Waals surface area contributed by atoms with Crippen molar-refractivity contribution in [2.75, 3.05) is 5.32 Å². The molecule has 0 saturated carbocycles. The third-order valence-electron chi connectivity index (χ3n) is 3.63. The zero-order chi connectivity index (χ0) is 17.2. The SMILES string of the molecule is Cc1cc(C)nc(Nc2cccc(-c3cnc(-c4ccsc4)o3)n2)c1. The van der Waals surface area contributed by atoms with Gasteiger partial charge < -0.3 is 9.73 Å². The summed E-state index contributed by atoms with van der Waals surface area (Å²) in [5.74, 6) is 2.73. The Hall–Kier alpha value is -2.99. The lowest BCUT2D eigenvalue weighted by atomic mass is 10.2. The van der Waals surface area contributed by atoms with Gasteiger partial charge in [0, 0.05) is 16.6 Å². The fourth-order valence-corrected chi connectivity index (χ4v) is 3.22. The van der Waals surface area contributed by atoms with Crippen molar-refractivity contribution < 1.29 is 4.42 Å². The molecule has 0 atom stereocenters. The van der Waals surface area contributed by atoms with Crippen LogP contribution in [0.15, 0.2) is 57.8 Å². The Balaban J connectivity index is 1.61. The van der Waals surface area contributed by atoms with E-state index in [9.17, 15) is 0 Å². The Kier molecular flexibility index (Phi) is 4.03. The van der Waals surface area contributed by atoms with Gasteiger partial charge in [0.2, 0.25) is 5.89 Å². The van der Waals surface area contributed by atoms with Gasteiger partial charge in [-0.2, -0.15) is 11.3 Å². The minimum absolute atomic E-state index is 0.604. The Morgan fingerprint density at radius 2 is 1.96 bits per heavy atom. The molecule has 0 fully saturated rings. The van der Waals surface area contributed by atoms with Crippen LogP contribution in [0.5, 0.6) is 0 Å². The molecule has 1 N–H and O–H groups in total. The smallest absolute Gasteiger partial charge is 0.227 e. The molecule has 5 nitrogen and oxygen atoms in total. The van der Waals surface area contributed by atoms with Crippen LogP contribution in [0.25, 0.3) is 22.9 Å². The van der Waals surface area contributed by atoms with Crippen molar-refractivity contribution in [3.05, 3.63) is 64.6 Å². The number of aryl methyl sites for hydroxylation is 2. The fourth-order valence-electron chi connectivity index (χ4n) is 2.59. The van der Waals surface area contributed by atoms with E-state index >= 15 is 0 Å². The number of rotatable bonds is 4. The van der Waals surface area contributed by atoms with Gasteiger partial charge in [-0.25, -0.2) is 15.0 Å². The molecule has 0 aliphatic carbocycles. The molecule has 0 aliphatic heterocycles. The first kappa shape index (κ1) is 15.5. The van der Waals surface area contributed by atoms with Crippen LogP contribution >= 0.6 is 11.3 Å². The quantitative estimate of drug-likeness (QED) is 0.548. The van der Waals surface area contributed by atoms with Gasteiger partial charge >= 0.3 is 0 Å². The Bertz CT molecular complexity index is 988. The number of oxazole rings is 1. The summed E-state index contributed by atoms with van der Waals surface area (Å²) >= 11 is 1.61. The number of anilines is 2. The summed E-state index contributed by atoms with van der Waals surface area (Å²) in [4.78, 5) is 13.4. The molecule has 0 amide bonds. The van der Waals surface area contributed by atoms with Crippen LogP contribution in [-0.2, 0) is 0 Å². The Morgan fingerprint density at radius 1 is 1.04 bits per heavy atom. The molecule has 4 aromatic rings. The normalized spacial score (nSPS) is 10.8. The Morgan fingerprint density at radius 3 is 2.76 bits per heavy atom. The molecule has 4 rings (SSSR count). The van der Waals surface area contributed by atoms with Gasteiger partial charge in [-0.1, -0.05) is 6.07 Å². The third-order valence-corrected chi connectivity index (χ3v) is 4.31. The van der Waals surface area contributed by atoms with E-state index in [0.29, 0.717) is 17.5 Å². The summed E-state index contributed by atoms with van der Waals surface area (Å²) in [6.07, 6.45) is 1.70. The minimum atomic E-state index is 0.604. The number of aromatic nitrogens is 3. The van der Waals surface area contributed by atoms with Crippen molar-refractivity contribution in [2.45, 2.75) is 13.8 Å². The first-order chi connectivity index (χ1) is 12.2. The highest BCUT2D eigenvalue weighted by Gasteiger charge is 2.10. The monoisotopic (exact) mass is 348 g/mol. The summed E-state index contributed by atoms with van der Waals surface area (Å²) < 4.78 is 5.85. The number of pyridine rings is 2. The fraction of sp³-hybridized carbons (Fsp3) is 0.105. The molecule has 0 aromatic carbocycles.